The number of anilines is 2. The zero-order valence-corrected chi connectivity index (χ0v) is 19.7. The van der Waals surface area contributed by atoms with Crippen molar-refractivity contribution in [2.24, 2.45) is 0 Å². The number of alkyl halides is 3. The van der Waals surface area contributed by atoms with Gasteiger partial charge in [0.1, 0.15) is 0 Å². The van der Waals surface area contributed by atoms with E-state index in [1.54, 1.807) is 0 Å². The fraction of sp³-hybridized carbons (Fsp3) is 0.435. The molecule has 0 atom stereocenters. The van der Waals surface area contributed by atoms with Gasteiger partial charge in [0, 0.05) is 38.3 Å². The summed E-state index contributed by atoms with van der Waals surface area (Å²) < 4.78 is 69.5. The van der Waals surface area contributed by atoms with Gasteiger partial charge in [-0.05, 0) is 42.3 Å². The van der Waals surface area contributed by atoms with Crippen LogP contribution in [-0.4, -0.2) is 53.4 Å². The molecule has 1 amide bonds. The molecular formula is C23H28F3N3O4S. The summed E-state index contributed by atoms with van der Waals surface area (Å²) in [6, 6.07) is 12.0. The maximum absolute atomic E-state index is 13.0. The fourth-order valence-corrected chi connectivity index (χ4v) is 4.60. The van der Waals surface area contributed by atoms with Crippen LogP contribution in [0.1, 0.15) is 24.0 Å². The molecule has 1 N–H and O–H groups in total. The van der Waals surface area contributed by atoms with Crippen LogP contribution in [0.2, 0.25) is 0 Å². The van der Waals surface area contributed by atoms with Crippen molar-refractivity contribution >= 4 is 27.3 Å². The molecule has 0 saturated carbocycles. The number of morpholine rings is 1. The smallest absolute Gasteiger partial charge is 0.378 e. The Hall–Kier alpha value is -2.79. The van der Waals surface area contributed by atoms with Crippen molar-refractivity contribution in [2.75, 3.05) is 48.3 Å². The Kier molecular flexibility index (Phi) is 8.42. The van der Waals surface area contributed by atoms with E-state index in [1.807, 2.05) is 24.3 Å². The van der Waals surface area contributed by atoms with Crippen LogP contribution in [0.3, 0.4) is 0 Å². The molecule has 0 aromatic heterocycles. The van der Waals surface area contributed by atoms with E-state index in [9.17, 15) is 26.4 Å². The number of nitrogens with zero attached hydrogens (tertiary/aromatic N) is 2. The first-order valence-corrected chi connectivity index (χ1v) is 12.7. The number of benzene rings is 2. The summed E-state index contributed by atoms with van der Waals surface area (Å²) in [5.74, 6) is -0.269. The lowest BCUT2D eigenvalue weighted by Gasteiger charge is -2.28. The largest absolute Gasteiger partial charge is 0.416 e. The molecule has 2 aromatic carbocycles. The minimum atomic E-state index is -4.58. The molecule has 3 rings (SSSR count). The molecule has 0 bridgehead atoms. The highest BCUT2D eigenvalue weighted by molar-refractivity contribution is 7.92. The summed E-state index contributed by atoms with van der Waals surface area (Å²) in [4.78, 5) is 14.5. The number of hydrogen-bond donors (Lipinski definition) is 1. The van der Waals surface area contributed by atoms with Crippen molar-refractivity contribution in [3.05, 3.63) is 59.7 Å². The molecule has 2 aromatic rings. The highest BCUT2D eigenvalue weighted by atomic mass is 32.2. The monoisotopic (exact) mass is 499 g/mol. The molecular weight excluding hydrogens is 471 g/mol. The van der Waals surface area contributed by atoms with E-state index < -0.39 is 21.8 Å². The number of halogens is 3. The fourth-order valence-electron chi connectivity index (χ4n) is 3.64. The van der Waals surface area contributed by atoms with Crippen LogP contribution in [0.25, 0.3) is 0 Å². The van der Waals surface area contributed by atoms with Crippen molar-refractivity contribution in [1.82, 2.24) is 5.32 Å². The lowest BCUT2D eigenvalue weighted by Crippen LogP contribution is -2.36. The zero-order chi connectivity index (χ0) is 24.8. The third-order valence-corrected chi connectivity index (χ3v) is 6.62. The number of hydrogen-bond acceptors (Lipinski definition) is 5. The average Bonchev–Trinajstić information content (AvgIpc) is 2.80. The second-order valence-electron chi connectivity index (χ2n) is 8.03. The molecule has 1 aliphatic heterocycles. The Bertz CT molecular complexity index is 1070. The number of nitrogens with one attached hydrogen (secondary N) is 1. The molecule has 1 fully saturated rings. The quantitative estimate of drug-likeness (QED) is 0.572. The first-order valence-electron chi connectivity index (χ1n) is 10.9. The van der Waals surface area contributed by atoms with E-state index in [2.05, 4.69) is 10.2 Å². The van der Waals surface area contributed by atoms with Gasteiger partial charge in [-0.3, -0.25) is 9.10 Å². The van der Waals surface area contributed by atoms with Crippen molar-refractivity contribution < 1.29 is 31.1 Å². The van der Waals surface area contributed by atoms with E-state index in [-0.39, 0.29) is 31.0 Å². The summed E-state index contributed by atoms with van der Waals surface area (Å²) in [7, 11) is -3.82. The van der Waals surface area contributed by atoms with Crippen LogP contribution < -0.4 is 14.5 Å². The molecule has 186 valence electrons. The van der Waals surface area contributed by atoms with Gasteiger partial charge >= 0.3 is 6.18 Å². The van der Waals surface area contributed by atoms with Crippen LogP contribution in [-0.2, 0) is 32.3 Å². The highest BCUT2D eigenvalue weighted by Crippen LogP contribution is 2.32. The Balaban J connectivity index is 1.50. The van der Waals surface area contributed by atoms with E-state index in [4.69, 9.17) is 4.74 Å². The van der Waals surface area contributed by atoms with Crippen LogP contribution >= 0.6 is 0 Å². The van der Waals surface area contributed by atoms with Gasteiger partial charge < -0.3 is 15.0 Å². The zero-order valence-electron chi connectivity index (χ0n) is 18.8. The first-order chi connectivity index (χ1) is 16.0. The normalized spacial score (nSPS) is 14.6. The summed E-state index contributed by atoms with van der Waals surface area (Å²) >= 11 is 0. The molecule has 7 nitrogen and oxygen atoms in total. The van der Waals surface area contributed by atoms with Gasteiger partial charge in [-0.2, -0.15) is 13.2 Å². The van der Waals surface area contributed by atoms with E-state index >= 15 is 0 Å². The van der Waals surface area contributed by atoms with Crippen molar-refractivity contribution in [3.8, 4) is 0 Å². The Morgan fingerprint density at radius 1 is 1.12 bits per heavy atom. The predicted molar refractivity (Wildman–Crippen MR) is 124 cm³/mol. The number of carbonyl (C=O) groups is 1. The molecule has 1 saturated heterocycles. The molecule has 0 radical (unpaired) electrons. The van der Waals surface area contributed by atoms with E-state index in [0.717, 1.165) is 53.1 Å². The van der Waals surface area contributed by atoms with E-state index in [1.165, 1.54) is 6.07 Å². The second kappa shape index (κ2) is 11.1. The van der Waals surface area contributed by atoms with Gasteiger partial charge in [0.15, 0.2) is 0 Å². The lowest BCUT2D eigenvalue weighted by atomic mass is 10.1. The SMILES string of the molecule is CS(=O)(=O)N(CCCC(=O)NCc1ccc(N2CCOCC2)cc1)c1cccc(C(F)(F)F)c1. The standard InChI is InChI=1S/C23H28F3N3O4S/c1-34(31,32)29(21-5-2-4-19(16-21)23(24,25)26)11-3-6-22(30)27-17-18-7-9-20(10-8-18)28-12-14-33-15-13-28/h2,4-5,7-10,16H,3,6,11-15,17H2,1H3,(H,27,30). The van der Waals surface area contributed by atoms with Crippen molar-refractivity contribution in [1.29, 1.82) is 0 Å². The number of amides is 1. The molecule has 11 heteroatoms. The lowest BCUT2D eigenvalue weighted by molar-refractivity contribution is -0.137. The van der Waals surface area contributed by atoms with Crippen LogP contribution in [0.4, 0.5) is 24.5 Å². The third kappa shape index (κ3) is 7.36. The Morgan fingerprint density at radius 2 is 1.79 bits per heavy atom. The molecule has 1 aliphatic rings. The van der Waals surface area contributed by atoms with Gasteiger partial charge in [0.05, 0.1) is 30.7 Å². The molecule has 0 unspecified atom stereocenters. The first kappa shape index (κ1) is 25.8. The van der Waals surface area contributed by atoms with Crippen LogP contribution in [0, 0.1) is 0 Å². The van der Waals surface area contributed by atoms with Gasteiger partial charge in [0.2, 0.25) is 15.9 Å². The molecule has 0 aliphatic carbocycles. The van der Waals surface area contributed by atoms with Gasteiger partial charge in [-0.25, -0.2) is 8.42 Å². The molecule has 34 heavy (non-hydrogen) atoms. The predicted octanol–water partition coefficient (Wildman–Crippen LogP) is 3.40. The Labute approximate surface area is 197 Å². The van der Waals surface area contributed by atoms with Gasteiger partial charge in [-0.1, -0.05) is 18.2 Å². The van der Waals surface area contributed by atoms with Gasteiger partial charge in [0.25, 0.3) is 0 Å². The number of sulfonamides is 1. The minimum Gasteiger partial charge on any atom is -0.378 e. The van der Waals surface area contributed by atoms with Crippen molar-refractivity contribution in [3.63, 3.8) is 0 Å². The van der Waals surface area contributed by atoms with Crippen molar-refractivity contribution in [2.45, 2.75) is 25.6 Å². The highest BCUT2D eigenvalue weighted by Gasteiger charge is 2.31. The number of carbonyl (C=O) groups excluding carboxylic acids is 1. The van der Waals surface area contributed by atoms with E-state index in [0.29, 0.717) is 19.8 Å². The molecule has 1 heterocycles. The average molecular weight is 500 g/mol. The Morgan fingerprint density at radius 3 is 2.41 bits per heavy atom. The van der Waals surface area contributed by atoms with Crippen LogP contribution in [0.15, 0.2) is 48.5 Å². The number of ether oxygens (including phenoxy) is 1. The second-order valence-corrected chi connectivity index (χ2v) is 9.94. The summed E-state index contributed by atoms with van der Waals surface area (Å²) in [5.41, 5.74) is 0.995. The number of rotatable bonds is 9. The maximum Gasteiger partial charge on any atom is 0.416 e. The minimum absolute atomic E-state index is 0.0385. The topological polar surface area (TPSA) is 79.0 Å². The summed E-state index contributed by atoms with van der Waals surface area (Å²) in [6.45, 7) is 3.28. The third-order valence-electron chi connectivity index (χ3n) is 5.43. The van der Waals surface area contributed by atoms with Crippen LogP contribution in [0.5, 0.6) is 0 Å². The summed E-state index contributed by atoms with van der Waals surface area (Å²) in [6.07, 6.45) is -3.46. The summed E-state index contributed by atoms with van der Waals surface area (Å²) in [5, 5.41) is 2.79. The molecule has 0 spiro atoms. The maximum atomic E-state index is 13.0. The van der Waals surface area contributed by atoms with Gasteiger partial charge in [-0.15, -0.1) is 0 Å².